The van der Waals surface area contributed by atoms with Gasteiger partial charge in [0.2, 0.25) is 0 Å². The summed E-state index contributed by atoms with van der Waals surface area (Å²) in [5, 5.41) is 0.579. The van der Waals surface area contributed by atoms with Crippen LogP contribution in [0, 0.1) is 6.92 Å². The second kappa shape index (κ2) is 3.48. The molecule has 0 fully saturated rings. The summed E-state index contributed by atoms with van der Waals surface area (Å²) in [5.41, 5.74) is 1.05. The number of fused-ring (bicyclic) bond motifs is 1. The van der Waals surface area contributed by atoms with E-state index in [0.29, 0.717) is 9.72 Å². The second-order valence-electron chi connectivity index (χ2n) is 3.07. The normalized spacial score (nSPS) is 11.5. The summed E-state index contributed by atoms with van der Waals surface area (Å²) in [6.07, 6.45) is -2.44. The summed E-state index contributed by atoms with van der Waals surface area (Å²) in [5.74, 6) is 0. The minimum Gasteiger partial charge on any atom is -0.205 e. The van der Waals surface area contributed by atoms with Crippen molar-refractivity contribution in [2.24, 2.45) is 0 Å². The Morgan fingerprint density at radius 1 is 1.36 bits per heavy atom. The van der Waals surface area contributed by atoms with E-state index in [1.165, 1.54) is 17.4 Å². The molecule has 0 unspecified atom stereocenters. The summed E-state index contributed by atoms with van der Waals surface area (Å²) < 4.78 is 26.6. The van der Waals surface area contributed by atoms with Gasteiger partial charge in [0.25, 0.3) is 6.43 Å². The molecular formula is C10H7ClF2S. The summed E-state index contributed by atoms with van der Waals surface area (Å²) in [6, 6.07) is 4.78. The zero-order valence-corrected chi connectivity index (χ0v) is 8.92. The molecule has 14 heavy (non-hydrogen) atoms. The van der Waals surface area contributed by atoms with E-state index in [1.807, 2.05) is 6.92 Å². The molecule has 0 spiro atoms. The van der Waals surface area contributed by atoms with Crippen LogP contribution in [0.25, 0.3) is 10.1 Å². The van der Waals surface area contributed by atoms with Gasteiger partial charge in [0.15, 0.2) is 0 Å². The fourth-order valence-electron chi connectivity index (χ4n) is 1.44. The van der Waals surface area contributed by atoms with Gasteiger partial charge < -0.3 is 0 Å². The van der Waals surface area contributed by atoms with Crippen molar-refractivity contribution in [3.05, 3.63) is 33.7 Å². The van der Waals surface area contributed by atoms with Gasteiger partial charge in [-0.3, -0.25) is 0 Å². The molecule has 0 aliphatic heterocycles. The van der Waals surface area contributed by atoms with E-state index in [-0.39, 0.29) is 5.56 Å². The van der Waals surface area contributed by atoms with Crippen molar-refractivity contribution in [3.8, 4) is 0 Å². The molecule has 0 atom stereocenters. The van der Waals surface area contributed by atoms with Crippen molar-refractivity contribution in [3.63, 3.8) is 0 Å². The highest BCUT2D eigenvalue weighted by Crippen LogP contribution is 2.37. The predicted molar refractivity (Wildman–Crippen MR) is 56.5 cm³/mol. The van der Waals surface area contributed by atoms with Crippen LogP contribution in [0.15, 0.2) is 18.2 Å². The third-order valence-corrected chi connectivity index (χ3v) is 3.52. The Kier molecular flexibility index (Phi) is 2.45. The maximum Gasteiger partial charge on any atom is 0.264 e. The van der Waals surface area contributed by atoms with Crippen LogP contribution in [0.4, 0.5) is 8.78 Å². The van der Waals surface area contributed by atoms with E-state index in [9.17, 15) is 8.78 Å². The van der Waals surface area contributed by atoms with Crippen LogP contribution >= 0.6 is 22.9 Å². The van der Waals surface area contributed by atoms with E-state index in [4.69, 9.17) is 11.6 Å². The van der Waals surface area contributed by atoms with Crippen molar-refractivity contribution >= 4 is 33.0 Å². The molecule has 0 bridgehead atoms. The van der Waals surface area contributed by atoms with E-state index in [1.54, 1.807) is 12.1 Å². The van der Waals surface area contributed by atoms with Gasteiger partial charge in [0, 0.05) is 15.6 Å². The number of alkyl halides is 2. The summed E-state index contributed by atoms with van der Waals surface area (Å²) in [6.45, 7) is 1.89. The number of halogens is 3. The van der Waals surface area contributed by atoms with Crippen molar-refractivity contribution in [2.75, 3.05) is 0 Å². The Balaban J connectivity index is 2.81. The quantitative estimate of drug-likeness (QED) is 0.663. The lowest BCUT2D eigenvalue weighted by molar-refractivity contribution is 0.153. The lowest BCUT2D eigenvalue weighted by atomic mass is 10.1. The summed E-state index contributed by atoms with van der Waals surface area (Å²) in [4.78, 5) is 0. The van der Waals surface area contributed by atoms with Gasteiger partial charge >= 0.3 is 0 Å². The third-order valence-electron chi connectivity index (χ3n) is 2.12. The Bertz CT molecular complexity index is 476. The van der Waals surface area contributed by atoms with E-state index in [2.05, 4.69) is 0 Å². The van der Waals surface area contributed by atoms with Gasteiger partial charge in [0.1, 0.15) is 0 Å². The molecule has 0 nitrogen and oxygen atoms in total. The molecule has 2 aromatic rings. The molecule has 2 rings (SSSR count). The van der Waals surface area contributed by atoms with Gasteiger partial charge in [-0.15, -0.1) is 11.3 Å². The molecule has 0 saturated heterocycles. The Morgan fingerprint density at radius 2 is 2.07 bits per heavy atom. The third kappa shape index (κ3) is 1.51. The van der Waals surface area contributed by atoms with Crippen molar-refractivity contribution < 1.29 is 8.78 Å². The maximum atomic E-state index is 12.6. The van der Waals surface area contributed by atoms with Crippen LogP contribution in [-0.2, 0) is 0 Å². The first kappa shape index (κ1) is 9.87. The van der Waals surface area contributed by atoms with E-state index >= 15 is 0 Å². The van der Waals surface area contributed by atoms with Crippen molar-refractivity contribution in [2.45, 2.75) is 13.3 Å². The standard InChI is InChI=1S/C10H7ClF2S/c1-5-2-3-6(10(12)13)7-4-8(11)14-9(5)7/h2-4,10H,1H3. The molecule has 0 amide bonds. The molecule has 1 heterocycles. The number of rotatable bonds is 1. The average molecular weight is 233 g/mol. The molecular weight excluding hydrogens is 226 g/mol. The topological polar surface area (TPSA) is 0 Å². The maximum absolute atomic E-state index is 12.6. The zero-order chi connectivity index (χ0) is 10.3. The SMILES string of the molecule is Cc1ccc(C(F)F)c2cc(Cl)sc12. The first-order valence-corrected chi connectivity index (χ1v) is 5.25. The molecule has 74 valence electrons. The Hall–Kier alpha value is -0.670. The Morgan fingerprint density at radius 3 is 2.71 bits per heavy atom. The lowest BCUT2D eigenvalue weighted by Gasteiger charge is -2.02. The van der Waals surface area contributed by atoms with E-state index in [0.717, 1.165) is 10.3 Å². The van der Waals surface area contributed by atoms with Crippen molar-refractivity contribution in [1.29, 1.82) is 0 Å². The summed E-state index contributed by atoms with van der Waals surface area (Å²) in [7, 11) is 0. The Labute approximate surface area is 89.1 Å². The molecule has 0 radical (unpaired) electrons. The van der Waals surface area contributed by atoms with Gasteiger partial charge in [0.05, 0.1) is 4.34 Å². The first-order valence-electron chi connectivity index (χ1n) is 4.06. The minimum absolute atomic E-state index is 0.0637. The first-order chi connectivity index (χ1) is 6.59. The largest absolute Gasteiger partial charge is 0.264 e. The monoisotopic (exact) mass is 232 g/mol. The molecule has 0 N–H and O–H groups in total. The zero-order valence-electron chi connectivity index (χ0n) is 7.35. The van der Waals surface area contributed by atoms with Crippen molar-refractivity contribution in [1.82, 2.24) is 0 Å². The van der Waals surface area contributed by atoms with Gasteiger partial charge in [-0.2, -0.15) is 0 Å². The van der Waals surface area contributed by atoms with Crippen LogP contribution in [0.3, 0.4) is 0 Å². The average Bonchev–Trinajstić information content (AvgIpc) is 2.47. The van der Waals surface area contributed by atoms with Gasteiger partial charge in [-0.05, 0) is 18.6 Å². The lowest BCUT2D eigenvalue weighted by Crippen LogP contribution is -1.85. The van der Waals surface area contributed by atoms with Gasteiger partial charge in [-0.25, -0.2) is 8.78 Å². The minimum atomic E-state index is -2.44. The second-order valence-corrected chi connectivity index (χ2v) is 4.75. The highest BCUT2D eigenvalue weighted by molar-refractivity contribution is 7.22. The van der Waals surface area contributed by atoms with Crippen LogP contribution in [-0.4, -0.2) is 0 Å². The number of benzene rings is 1. The predicted octanol–water partition coefficient (Wildman–Crippen LogP) is 4.80. The molecule has 1 aromatic carbocycles. The molecule has 0 saturated carbocycles. The summed E-state index contributed by atoms with van der Waals surface area (Å²) >= 11 is 7.15. The highest BCUT2D eigenvalue weighted by Gasteiger charge is 2.14. The molecule has 4 heteroatoms. The van der Waals surface area contributed by atoms with Crippen LogP contribution in [0.5, 0.6) is 0 Å². The number of hydrogen-bond donors (Lipinski definition) is 0. The molecule has 1 aromatic heterocycles. The number of aryl methyl sites for hydroxylation is 1. The van der Waals surface area contributed by atoms with Crippen LogP contribution < -0.4 is 0 Å². The fourth-order valence-corrected chi connectivity index (χ4v) is 2.67. The molecule has 0 aliphatic rings. The van der Waals surface area contributed by atoms with Gasteiger partial charge in [-0.1, -0.05) is 23.7 Å². The smallest absolute Gasteiger partial charge is 0.205 e. The fraction of sp³-hybridized carbons (Fsp3) is 0.200. The highest BCUT2D eigenvalue weighted by atomic mass is 35.5. The van der Waals surface area contributed by atoms with Crippen LogP contribution in [0.2, 0.25) is 4.34 Å². The van der Waals surface area contributed by atoms with E-state index < -0.39 is 6.43 Å². The number of thiophene rings is 1. The van der Waals surface area contributed by atoms with Crippen LogP contribution in [0.1, 0.15) is 17.6 Å². The number of hydrogen-bond acceptors (Lipinski definition) is 1. The molecule has 0 aliphatic carbocycles.